The molecule has 0 aliphatic carbocycles. The molecule has 0 unspecified atom stereocenters. The van der Waals surface area contributed by atoms with Crippen molar-refractivity contribution in [1.29, 1.82) is 0 Å². The molecule has 0 saturated heterocycles. The van der Waals surface area contributed by atoms with Crippen LogP contribution in [0.1, 0.15) is 19.4 Å². The predicted octanol–water partition coefficient (Wildman–Crippen LogP) is 1.94. The maximum absolute atomic E-state index is 12.1. The fourth-order valence-corrected chi connectivity index (χ4v) is 2.01. The summed E-state index contributed by atoms with van der Waals surface area (Å²) in [4.78, 5) is 13.3. The van der Waals surface area contributed by atoms with Crippen molar-refractivity contribution in [3.8, 4) is 0 Å². The van der Waals surface area contributed by atoms with Gasteiger partial charge in [-0.05, 0) is 19.4 Å². The Hall–Kier alpha value is -1.60. The minimum Gasteiger partial charge on any atom is -0.389 e. The number of carbonyl (C=O) groups excluding carboxylic acids is 1. The van der Waals surface area contributed by atoms with Crippen LogP contribution in [0.3, 0.4) is 0 Å². The number of nitrogens with one attached hydrogen (secondary N) is 1. The molecule has 0 heterocycles. The Labute approximate surface area is 127 Å². The summed E-state index contributed by atoms with van der Waals surface area (Å²) in [5.41, 5.74) is -0.144. The molecular formula is C15H21F3N2O2. The molecule has 1 rings (SSSR count). The van der Waals surface area contributed by atoms with E-state index in [0.29, 0.717) is 6.54 Å². The number of rotatable bonds is 7. The first-order valence-corrected chi connectivity index (χ1v) is 6.87. The van der Waals surface area contributed by atoms with E-state index in [1.54, 1.807) is 18.7 Å². The van der Waals surface area contributed by atoms with E-state index in [1.807, 2.05) is 35.6 Å². The molecule has 0 fully saturated rings. The molecule has 1 aromatic rings. The number of alkyl halides is 3. The average Bonchev–Trinajstić information content (AvgIpc) is 2.34. The number of halogens is 3. The molecule has 0 spiro atoms. The van der Waals surface area contributed by atoms with Gasteiger partial charge < -0.3 is 10.4 Å². The van der Waals surface area contributed by atoms with Crippen LogP contribution in [0.5, 0.6) is 0 Å². The van der Waals surface area contributed by atoms with Gasteiger partial charge in [0, 0.05) is 13.1 Å². The quantitative estimate of drug-likeness (QED) is 0.808. The number of nitrogens with zero attached hydrogens (tertiary/aromatic N) is 1. The third kappa shape index (κ3) is 8.63. The molecule has 124 valence electrons. The van der Waals surface area contributed by atoms with Crippen molar-refractivity contribution in [2.75, 3.05) is 19.6 Å². The van der Waals surface area contributed by atoms with Crippen molar-refractivity contribution in [3.05, 3.63) is 35.9 Å². The summed E-state index contributed by atoms with van der Waals surface area (Å²) in [6.07, 6.45) is -4.43. The van der Waals surface area contributed by atoms with E-state index in [0.717, 1.165) is 5.56 Å². The Morgan fingerprint density at radius 2 is 1.82 bits per heavy atom. The van der Waals surface area contributed by atoms with E-state index < -0.39 is 24.2 Å². The van der Waals surface area contributed by atoms with Gasteiger partial charge in [0.05, 0.1) is 12.1 Å². The topological polar surface area (TPSA) is 52.6 Å². The van der Waals surface area contributed by atoms with E-state index in [-0.39, 0.29) is 13.1 Å². The third-order valence-corrected chi connectivity index (χ3v) is 2.71. The summed E-state index contributed by atoms with van der Waals surface area (Å²) in [5, 5.41) is 11.7. The van der Waals surface area contributed by atoms with Gasteiger partial charge in [0.15, 0.2) is 0 Å². The molecule has 2 N–H and O–H groups in total. The Morgan fingerprint density at radius 1 is 1.23 bits per heavy atom. The van der Waals surface area contributed by atoms with Crippen molar-refractivity contribution >= 4 is 5.91 Å². The molecule has 0 bridgehead atoms. The van der Waals surface area contributed by atoms with Crippen LogP contribution < -0.4 is 5.32 Å². The number of amides is 1. The first-order valence-electron chi connectivity index (χ1n) is 6.87. The van der Waals surface area contributed by atoms with Crippen LogP contribution in [-0.4, -0.2) is 47.3 Å². The number of benzene rings is 1. The summed E-state index contributed by atoms with van der Waals surface area (Å²) in [6, 6.07) is 9.22. The van der Waals surface area contributed by atoms with Crippen molar-refractivity contribution < 1.29 is 23.1 Å². The highest BCUT2D eigenvalue weighted by atomic mass is 19.4. The Kier molecular flexibility index (Phi) is 6.37. The third-order valence-electron chi connectivity index (χ3n) is 2.71. The normalized spacial score (nSPS) is 12.5. The van der Waals surface area contributed by atoms with Crippen LogP contribution in [-0.2, 0) is 11.3 Å². The molecule has 0 aliphatic rings. The van der Waals surface area contributed by atoms with Crippen LogP contribution in [0.2, 0.25) is 0 Å². The lowest BCUT2D eigenvalue weighted by Crippen LogP contribution is -2.45. The van der Waals surface area contributed by atoms with Crippen LogP contribution in [0.4, 0.5) is 13.2 Å². The zero-order valence-corrected chi connectivity index (χ0v) is 12.7. The first-order chi connectivity index (χ1) is 10.1. The monoisotopic (exact) mass is 318 g/mol. The Morgan fingerprint density at radius 3 is 2.32 bits per heavy atom. The van der Waals surface area contributed by atoms with E-state index in [4.69, 9.17) is 0 Å². The molecule has 0 saturated carbocycles. The van der Waals surface area contributed by atoms with Crippen LogP contribution >= 0.6 is 0 Å². The molecule has 0 atom stereocenters. The second kappa shape index (κ2) is 7.60. The lowest BCUT2D eigenvalue weighted by atomic mass is 10.1. The molecule has 4 nitrogen and oxygen atoms in total. The average molecular weight is 318 g/mol. The highest BCUT2D eigenvalue weighted by Gasteiger charge is 2.28. The van der Waals surface area contributed by atoms with Gasteiger partial charge in [-0.1, -0.05) is 30.3 Å². The van der Waals surface area contributed by atoms with Crippen molar-refractivity contribution in [2.45, 2.75) is 32.2 Å². The number of carbonyl (C=O) groups is 1. The van der Waals surface area contributed by atoms with Crippen molar-refractivity contribution in [3.63, 3.8) is 0 Å². The number of hydrogen-bond acceptors (Lipinski definition) is 3. The highest BCUT2D eigenvalue weighted by Crippen LogP contribution is 2.13. The largest absolute Gasteiger partial charge is 0.405 e. The van der Waals surface area contributed by atoms with E-state index in [1.165, 1.54) is 0 Å². The molecule has 7 heteroatoms. The van der Waals surface area contributed by atoms with Crippen LogP contribution in [0, 0.1) is 0 Å². The minimum absolute atomic E-state index is 0.168. The lowest BCUT2D eigenvalue weighted by Gasteiger charge is -2.28. The molecule has 22 heavy (non-hydrogen) atoms. The predicted molar refractivity (Wildman–Crippen MR) is 77.1 cm³/mol. The first kappa shape index (κ1) is 18.4. The maximum Gasteiger partial charge on any atom is 0.405 e. The molecular weight excluding hydrogens is 297 g/mol. The molecule has 1 amide bonds. The zero-order valence-electron chi connectivity index (χ0n) is 12.7. The maximum atomic E-state index is 12.1. The fraction of sp³-hybridized carbons (Fsp3) is 0.533. The SMILES string of the molecule is CC(C)(O)CN(CC(=O)NCC(F)(F)F)Cc1ccccc1. The lowest BCUT2D eigenvalue weighted by molar-refractivity contribution is -0.139. The smallest absolute Gasteiger partial charge is 0.389 e. The van der Waals surface area contributed by atoms with Crippen molar-refractivity contribution in [1.82, 2.24) is 10.2 Å². The van der Waals surface area contributed by atoms with Gasteiger partial charge in [-0.2, -0.15) is 13.2 Å². The van der Waals surface area contributed by atoms with Gasteiger partial charge in [-0.25, -0.2) is 0 Å². The van der Waals surface area contributed by atoms with Gasteiger partial charge in [0.2, 0.25) is 5.91 Å². The molecule has 1 aromatic carbocycles. The Bertz CT molecular complexity index is 470. The highest BCUT2D eigenvalue weighted by molar-refractivity contribution is 5.78. The summed E-state index contributed by atoms with van der Waals surface area (Å²) >= 11 is 0. The standard InChI is InChI=1S/C15H21F3N2O2/c1-14(2,22)11-20(8-12-6-4-3-5-7-12)9-13(21)19-10-15(16,17)18/h3-7,22H,8-11H2,1-2H3,(H,19,21). The van der Waals surface area contributed by atoms with E-state index in [9.17, 15) is 23.1 Å². The molecule has 0 aromatic heterocycles. The second-order valence-electron chi connectivity index (χ2n) is 5.84. The zero-order chi connectivity index (χ0) is 16.8. The van der Waals surface area contributed by atoms with Gasteiger partial charge in [0.25, 0.3) is 0 Å². The van der Waals surface area contributed by atoms with Gasteiger partial charge in [0.1, 0.15) is 6.54 Å². The van der Waals surface area contributed by atoms with Gasteiger partial charge in [-0.15, -0.1) is 0 Å². The number of aliphatic hydroxyl groups is 1. The van der Waals surface area contributed by atoms with E-state index in [2.05, 4.69) is 0 Å². The fourth-order valence-electron chi connectivity index (χ4n) is 2.01. The van der Waals surface area contributed by atoms with Crippen LogP contribution in [0.25, 0.3) is 0 Å². The summed E-state index contributed by atoms with van der Waals surface area (Å²) < 4.78 is 36.3. The van der Waals surface area contributed by atoms with Gasteiger partial charge >= 0.3 is 6.18 Å². The molecule has 0 aliphatic heterocycles. The van der Waals surface area contributed by atoms with E-state index >= 15 is 0 Å². The molecule has 0 radical (unpaired) electrons. The Balaban J connectivity index is 2.64. The van der Waals surface area contributed by atoms with Gasteiger partial charge in [-0.3, -0.25) is 9.69 Å². The summed E-state index contributed by atoms with van der Waals surface area (Å²) in [6.45, 7) is 2.13. The minimum atomic E-state index is -4.43. The summed E-state index contributed by atoms with van der Waals surface area (Å²) in [5.74, 6) is -0.725. The van der Waals surface area contributed by atoms with Crippen molar-refractivity contribution in [2.24, 2.45) is 0 Å². The van der Waals surface area contributed by atoms with Crippen LogP contribution in [0.15, 0.2) is 30.3 Å². The summed E-state index contributed by atoms with van der Waals surface area (Å²) in [7, 11) is 0. The second-order valence-corrected chi connectivity index (χ2v) is 5.84. The number of hydrogen-bond donors (Lipinski definition) is 2.